The third kappa shape index (κ3) is 4.00. The van der Waals surface area contributed by atoms with Gasteiger partial charge in [0.1, 0.15) is 0 Å². The monoisotopic (exact) mass is 394 g/mol. The fourth-order valence-electron chi connectivity index (χ4n) is 3.55. The number of hydrogen-bond donors (Lipinski definition) is 0. The second-order valence-corrected chi connectivity index (χ2v) is 10.4. The minimum absolute atomic E-state index is 0.0267. The van der Waals surface area contributed by atoms with Crippen LogP contribution in [0.1, 0.15) is 32.3 Å². The van der Waals surface area contributed by atoms with Gasteiger partial charge in [0, 0.05) is 36.7 Å². The molecule has 0 bridgehead atoms. The van der Waals surface area contributed by atoms with Crippen LogP contribution in [0.3, 0.4) is 0 Å². The second-order valence-electron chi connectivity index (χ2n) is 7.10. The summed E-state index contributed by atoms with van der Waals surface area (Å²) in [7, 11) is -3.44. The Hall–Kier alpha value is -1.31. The molecule has 2 aliphatic heterocycles. The molecule has 1 aromatic carbocycles. The molecule has 0 saturated carbocycles. The van der Waals surface area contributed by atoms with Crippen LogP contribution in [0.5, 0.6) is 0 Å². The molecule has 0 N–H and O–H groups in total. The first-order valence-corrected chi connectivity index (χ1v) is 11.5. The highest BCUT2D eigenvalue weighted by Gasteiger charge is 2.47. The molecule has 2 aliphatic rings. The highest BCUT2D eigenvalue weighted by molar-refractivity contribution is 8.00. The van der Waals surface area contributed by atoms with Gasteiger partial charge in [0.15, 0.2) is 0 Å². The fraction of sp³-hybridized carbons (Fsp3) is 0.526. The summed E-state index contributed by atoms with van der Waals surface area (Å²) in [5, 5.41) is 1.29. The average Bonchev–Trinajstić information content (AvgIpc) is 3.03. The van der Waals surface area contributed by atoms with Crippen molar-refractivity contribution < 1.29 is 13.2 Å². The summed E-state index contributed by atoms with van der Waals surface area (Å²) < 4.78 is 26.8. The Morgan fingerprint density at radius 1 is 1.15 bits per heavy atom. The summed E-state index contributed by atoms with van der Waals surface area (Å²) in [4.78, 5) is 14.3. The molecular weight excluding hydrogens is 368 g/mol. The molecule has 5 nitrogen and oxygen atoms in total. The number of rotatable bonds is 4. The summed E-state index contributed by atoms with van der Waals surface area (Å²) in [5.74, 6) is 1.08. The van der Waals surface area contributed by atoms with E-state index in [0.717, 1.165) is 17.9 Å². The Morgan fingerprint density at radius 2 is 1.81 bits per heavy atom. The molecule has 7 heteroatoms. The van der Waals surface area contributed by atoms with Gasteiger partial charge in [0.05, 0.1) is 4.87 Å². The summed E-state index contributed by atoms with van der Waals surface area (Å²) in [6.45, 7) is 5.52. The van der Waals surface area contributed by atoms with Crippen molar-refractivity contribution in [2.75, 3.05) is 25.4 Å². The molecule has 3 rings (SSSR count). The third-order valence-electron chi connectivity index (χ3n) is 5.03. The molecular formula is C19H26N2O3S2. The lowest BCUT2D eigenvalue weighted by molar-refractivity contribution is -0.137. The SMILES string of the molecule is CC(C)C(=O)N1CCSC12CCN(S(=O)(=O)C=Cc1ccccc1)CC2. The molecule has 2 heterocycles. The molecule has 1 spiro atoms. The number of benzene rings is 1. The largest absolute Gasteiger partial charge is 0.327 e. The summed E-state index contributed by atoms with van der Waals surface area (Å²) in [6, 6.07) is 9.42. The molecule has 0 radical (unpaired) electrons. The van der Waals surface area contributed by atoms with Gasteiger partial charge in [-0.2, -0.15) is 4.31 Å². The smallest absolute Gasteiger partial charge is 0.236 e. The van der Waals surface area contributed by atoms with Crippen molar-refractivity contribution >= 4 is 33.8 Å². The highest BCUT2D eigenvalue weighted by Crippen LogP contribution is 2.44. The van der Waals surface area contributed by atoms with Crippen LogP contribution in [0.25, 0.3) is 6.08 Å². The average molecular weight is 395 g/mol. The van der Waals surface area contributed by atoms with Crippen molar-refractivity contribution in [3.63, 3.8) is 0 Å². The van der Waals surface area contributed by atoms with Gasteiger partial charge >= 0.3 is 0 Å². The van der Waals surface area contributed by atoms with Gasteiger partial charge in [0.2, 0.25) is 15.9 Å². The molecule has 142 valence electrons. The van der Waals surface area contributed by atoms with Crippen LogP contribution in [0.15, 0.2) is 35.7 Å². The molecule has 1 aromatic rings. The topological polar surface area (TPSA) is 57.7 Å². The first kappa shape index (κ1) is 19.5. The van der Waals surface area contributed by atoms with E-state index in [4.69, 9.17) is 0 Å². The number of carbonyl (C=O) groups is 1. The Labute approximate surface area is 160 Å². The van der Waals surface area contributed by atoms with Crippen molar-refractivity contribution in [1.29, 1.82) is 0 Å². The first-order valence-electron chi connectivity index (χ1n) is 9.03. The van der Waals surface area contributed by atoms with Crippen molar-refractivity contribution in [2.24, 2.45) is 5.92 Å². The van der Waals surface area contributed by atoms with E-state index in [2.05, 4.69) is 0 Å². The summed E-state index contributed by atoms with van der Waals surface area (Å²) >= 11 is 1.81. The lowest BCUT2D eigenvalue weighted by Gasteiger charge is -2.44. The Balaban J connectivity index is 1.68. The molecule has 0 atom stereocenters. The Kier molecular flexibility index (Phi) is 5.79. The maximum absolute atomic E-state index is 12.6. The van der Waals surface area contributed by atoms with Gasteiger partial charge in [-0.1, -0.05) is 44.2 Å². The number of carbonyl (C=O) groups excluding carboxylic acids is 1. The zero-order chi connectivity index (χ0) is 18.8. The zero-order valence-electron chi connectivity index (χ0n) is 15.3. The van der Waals surface area contributed by atoms with Crippen LogP contribution in [0.2, 0.25) is 0 Å². The minimum atomic E-state index is -3.44. The number of amides is 1. The zero-order valence-corrected chi connectivity index (χ0v) is 16.9. The summed E-state index contributed by atoms with van der Waals surface area (Å²) in [5.41, 5.74) is 0.865. The third-order valence-corrected chi connectivity index (χ3v) is 8.15. The lowest BCUT2D eigenvalue weighted by Crippen LogP contribution is -2.54. The molecule has 2 fully saturated rings. The predicted molar refractivity (Wildman–Crippen MR) is 107 cm³/mol. The fourth-order valence-corrected chi connectivity index (χ4v) is 6.21. The van der Waals surface area contributed by atoms with E-state index in [1.807, 2.05) is 60.8 Å². The number of piperidine rings is 1. The number of thioether (sulfide) groups is 1. The highest BCUT2D eigenvalue weighted by atomic mass is 32.2. The first-order chi connectivity index (χ1) is 12.3. The van der Waals surface area contributed by atoms with E-state index in [1.54, 1.807) is 6.08 Å². The van der Waals surface area contributed by atoms with Gasteiger partial charge in [-0.25, -0.2) is 8.42 Å². The number of sulfonamides is 1. The van der Waals surface area contributed by atoms with Gasteiger partial charge in [-0.05, 0) is 24.5 Å². The second kappa shape index (κ2) is 7.74. The standard InChI is InChI=1S/C19H26N2O3S2/c1-16(2)18(22)21-13-14-25-19(21)9-11-20(12-10-19)26(23,24)15-8-17-6-4-3-5-7-17/h3-8,15-16H,9-14H2,1-2H3. The maximum Gasteiger partial charge on any atom is 0.236 e. The van der Waals surface area contributed by atoms with Gasteiger partial charge < -0.3 is 4.90 Å². The van der Waals surface area contributed by atoms with Gasteiger partial charge in [-0.3, -0.25) is 4.79 Å². The van der Waals surface area contributed by atoms with E-state index in [9.17, 15) is 13.2 Å². The predicted octanol–water partition coefficient (Wildman–Crippen LogP) is 3.01. The van der Waals surface area contributed by atoms with Crippen LogP contribution in [0, 0.1) is 5.92 Å². The van der Waals surface area contributed by atoms with Crippen molar-refractivity contribution in [2.45, 2.75) is 31.6 Å². The molecule has 0 aromatic heterocycles. The van der Waals surface area contributed by atoms with E-state index in [1.165, 1.54) is 9.71 Å². The van der Waals surface area contributed by atoms with E-state index in [-0.39, 0.29) is 16.7 Å². The number of hydrogen-bond acceptors (Lipinski definition) is 4. The van der Waals surface area contributed by atoms with Crippen molar-refractivity contribution in [1.82, 2.24) is 9.21 Å². The number of nitrogens with zero attached hydrogens (tertiary/aromatic N) is 2. The van der Waals surface area contributed by atoms with Crippen LogP contribution in [-0.4, -0.2) is 53.8 Å². The quantitative estimate of drug-likeness (QED) is 0.788. The molecule has 1 amide bonds. The van der Waals surface area contributed by atoms with Crippen molar-refractivity contribution in [3.8, 4) is 0 Å². The molecule has 2 saturated heterocycles. The van der Waals surface area contributed by atoms with Crippen LogP contribution >= 0.6 is 11.8 Å². The lowest BCUT2D eigenvalue weighted by atomic mass is 10.0. The van der Waals surface area contributed by atoms with Crippen molar-refractivity contribution in [3.05, 3.63) is 41.3 Å². The Morgan fingerprint density at radius 3 is 2.42 bits per heavy atom. The van der Waals surface area contributed by atoms with Gasteiger partial charge in [-0.15, -0.1) is 11.8 Å². The molecule has 26 heavy (non-hydrogen) atoms. The molecule has 0 unspecified atom stereocenters. The van der Waals surface area contributed by atoms with E-state index < -0.39 is 10.0 Å². The van der Waals surface area contributed by atoms with E-state index in [0.29, 0.717) is 25.9 Å². The van der Waals surface area contributed by atoms with Crippen LogP contribution in [0.4, 0.5) is 0 Å². The van der Waals surface area contributed by atoms with Crippen LogP contribution < -0.4 is 0 Å². The normalized spacial score (nSPS) is 21.1. The molecule has 0 aliphatic carbocycles. The minimum Gasteiger partial charge on any atom is -0.327 e. The van der Waals surface area contributed by atoms with E-state index >= 15 is 0 Å². The van der Waals surface area contributed by atoms with Crippen LogP contribution in [-0.2, 0) is 14.8 Å². The summed E-state index contributed by atoms with van der Waals surface area (Å²) in [6.07, 6.45) is 3.02. The van der Waals surface area contributed by atoms with Gasteiger partial charge in [0.25, 0.3) is 0 Å². The Bertz CT molecular complexity index is 767. The maximum atomic E-state index is 12.6.